The highest BCUT2D eigenvalue weighted by Gasteiger charge is 2.29. The van der Waals surface area contributed by atoms with Crippen molar-refractivity contribution in [2.24, 2.45) is 5.92 Å². The molecule has 1 aromatic heterocycles. The number of aromatic amines is 1. The molecule has 4 rings (SSSR count). The molecule has 2 fully saturated rings. The highest BCUT2D eigenvalue weighted by Crippen LogP contribution is 2.37. The average Bonchev–Trinajstić information content (AvgIpc) is 3.54. The van der Waals surface area contributed by atoms with Gasteiger partial charge in [0.25, 0.3) is 5.91 Å². The SMILES string of the molecule is C/C=C(C)\C(=C/c1ncc(-c2cc(OC)c(C(=O)NC3CC3)c(OC(F)F)c2)[nH]1)C1CCOCC1. The predicted octanol–water partition coefficient (Wildman–Crippen LogP) is 5.36. The summed E-state index contributed by atoms with van der Waals surface area (Å²) in [6, 6.07) is 3.09. The van der Waals surface area contributed by atoms with Gasteiger partial charge in [-0.1, -0.05) is 11.6 Å². The number of methoxy groups -OCH3 is 1. The van der Waals surface area contributed by atoms with E-state index in [-0.39, 0.29) is 23.1 Å². The van der Waals surface area contributed by atoms with Crippen LogP contribution in [0.25, 0.3) is 17.3 Å². The van der Waals surface area contributed by atoms with Crippen LogP contribution < -0.4 is 14.8 Å². The molecule has 2 N–H and O–H groups in total. The maximum absolute atomic E-state index is 13.2. The number of halogens is 2. The van der Waals surface area contributed by atoms with Gasteiger partial charge < -0.3 is 24.5 Å². The highest BCUT2D eigenvalue weighted by atomic mass is 19.3. The molecule has 0 spiro atoms. The fourth-order valence-electron chi connectivity index (χ4n) is 4.24. The Morgan fingerprint density at radius 3 is 2.57 bits per heavy atom. The topological polar surface area (TPSA) is 85.5 Å². The zero-order chi connectivity index (χ0) is 24.9. The quantitative estimate of drug-likeness (QED) is 0.466. The standard InChI is InChI=1S/C26H31F2N3O4/c1-4-15(2)19(16-7-9-34-10-8-16)13-23-29-14-20(31-23)17-11-21(33-3)24(22(12-17)35-26(27)28)25(32)30-18-5-6-18/h4,11-14,16,18,26H,5-10H2,1-3H3,(H,29,31)(H,30,32)/b15-4-,19-13+. The lowest BCUT2D eigenvalue weighted by Gasteiger charge is -2.25. The minimum Gasteiger partial charge on any atom is -0.496 e. The monoisotopic (exact) mass is 487 g/mol. The van der Waals surface area contributed by atoms with E-state index in [1.807, 2.05) is 13.0 Å². The van der Waals surface area contributed by atoms with E-state index in [1.165, 1.54) is 24.3 Å². The van der Waals surface area contributed by atoms with Crippen LogP contribution in [0, 0.1) is 5.92 Å². The number of amides is 1. The number of allylic oxidation sites excluding steroid dienone is 3. The number of H-pyrrole nitrogens is 1. The van der Waals surface area contributed by atoms with Gasteiger partial charge in [-0.3, -0.25) is 4.79 Å². The van der Waals surface area contributed by atoms with E-state index in [0.717, 1.165) is 38.9 Å². The first kappa shape index (κ1) is 24.9. The van der Waals surface area contributed by atoms with Crippen LogP contribution in [-0.4, -0.2) is 48.9 Å². The molecule has 9 heteroatoms. The first-order chi connectivity index (χ1) is 16.9. The van der Waals surface area contributed by atoms with Gasteiger partial charge in [-0.2, -0.15) is 8.78 Å². The zero-order valence-electron chi connectivity index (χ0n) is 20.2. The molecule has 2 aliphatic rings. The second kappa shape index (κ2) is 11.0. The lowest BCUT2D eigenvalue weighted by atomic mass is 9.86. The number of carbonyl (C=O) groups excluding carboxylic acids is 1. The van der Waals surface area contributed by atoms with Crippen molar-refractivity contribution in [1.29, 1.82) is 0 Å². The summed E-state index contributed by atoms with van der Waals surface area (Å²) in [7, 11) is 1.39. The first-order valence-corrected chi connectivity index (χ1v) is 11.8. The molecule has 1 aliphatic carbocycles. The van der Waals surface area contributed by atoms with E-state index < -0.39 is 12.5 Å². The molecule has 0 bridgehead atoms. The van der Waals surface area contributed by atoms with Crippen molar-refractivity contribution < 1.29 is 27.8 Å². The van der Waals surface area contributed by atoms with E-state index in [0.29, 0.717) is 23.0 Å². The van der Waals surface area contributed by atoms with Crippen LogP contribution in [0.4, 0.5) is 8.78 Å². The van der Waals surface area contributed by atoms with Crippen LogP contribution in [0.15, 0.2) is 35.6 Å². The molecule has 1 aromatic carbocycles. The smallest absolute Gasteiger partial charge is 0.387 e. The van der Waals surface area contributed by atoms with E-state index in [2.05, 4.69) is 28.3 Å². The molecule has 2 aromatic rings. The minimum atomic E-state index is -3.09. The average molecular weight is 488 g/mol. The molecule has 1 saturated heterocycles. The molecular formula is C26H31F2N3O4. The molecule has 0 atom stereocenters. The Labute approximate surface area is 203 Å². The van der Waals surface area contributed by atoms with Gasteiger partial charge in [0.1, 0.15) is 22.9 Å². The molecule has 1 aliphatic heterocycles. The summed E-state index contributed by atoms with van der Waals surface area (Å²) in [6.45, 7) is 2.46. The molecule has 7 nitrogen and oxygen atoms in total. The van der Waals surface area contributed by atoms with Crippen LogP contribution >= 0.6 is 0 Å². The van der Waals surface area contributed by atoms with E-state index in [4.69, 9.17) is 14.2 Å². The Kier molecular flexibility index (Phi) is 7.85. The number of benzene rings is 1. The van der Waals surface area contributed by atoms with Crippen LogP contribution in [0.3, 0.4) is 0 Å². The second-order valence-electron chi connectivity index (χ2n) is 8.82. The van der Waals surface area contributed by atoms with Crippen molar-refractivity contribution in [3.05, 3.63) is 46.9 Å². The van der Waals surface area contributed by atoms with Crippen LogP contribution in [0.2, 0.25) is 0 Å². The number of hydrogen-bond donors (Lipinski definition) is 2. The summed E-state index contributed by atoms with van der Waals surface area (Å²) in [4.78, 5) is 20.5. The Morgan fingerprint density at radius 1 is 1.23 bits per heavy atom. The molecule has 188 valence electrons. The van der Waals surface area contributed by atoms with Gasteiger partial charge in [0, 0.05) is 24.8 Å². The summed E-state index contributed by atoms with van der Waals surface area (Å²) in [5, 5.41) is 2.80. The van der Waals surface area contributed by atoms with Gasteiger partial charge in [0.15, 0.2) is 0 Å². The molecular weight excluding hydrogens is 456 g/mol. The minimum absolute atomic E-state index is 0.0476. The van der Waals surface area contributed by atoms with Crippen molar-refractivity contribution >= 4 is 12.0 Å². The van der Waals surface area contributed by atoms with E-state index in [1.54, 1.807) is 12.3 Å². The number of aromatic nitrogens is 2. The third-order valence-electron chi connectivity index (χ3n) is 6.39. The molecule has 0 unspecified atom stereocenters. The molecule has 1 amide bonds. The second-order valence-corrected chi connectivity index (χ2v) is 8.82. The molecule has 2 heterocycles. The number of rotatable bonds is 9. The van der Waals surface area contributed by atoms with Crippen molar-refractivity contribution in [3.8, 4) is 22.8 Å². The van der Waals surface area contributed by atoms with Crippen molar-refractivity contribution in [2.75, 3.05) is 20.3 Å². The number of nitrogens with one attached hydrogen (secondary N) is 2. The van der Waals surface area contributed by atoms with Gasteiger partial charge in [0.2, 0.25) is 0 Å². The first-order valence-electron chi connectivity index (χ1n) is 11.8. The maximum atomic E-state index is 13.2. The fraction of sp³-hybridized carbons (Fsp3) is 0.462. The molecule has 35 heavy (non-hydrogen) atoms. The van der Waals surface area contributed by atoms with Crippen molar-refractivity contribution in [3.63, 3.8) is 0 Å². The van der Waals surface area contributed by atoms with Gasteiger partial charge >= 0.3 is 6.61 Å². The Hall–Kier alpha value is -3.20. The van der Waals surface area contributed by atoms with E-state index in [9.17, 15) is 13.6 Å². The van der Waals surface area contributed by atoms with Gasteiger partial charge in [-0.05, 0) is 69.2 Å². The number of alkyl halides is 2. The van der Waals surface area contributed by atoms with Crippen LogP contribution in [-0.2, 0) is 4.74 Å². The summed E-state index contributed by atoms with van der Waals surface area (Å²) in [5.41, 5.74) is 3.43. The number of ether oxygens (including phenoxy) is 3. The number of nitrogens with zero attached hydrogens (tertiary/aromatic N) is 1. The van der Waals surface area contributed by atoms with Crippen LogP contribution in [0.1, 0.15) is 55.7 Å². The maximum Gasteiger partial charge on any atom is 0.387 e. The zero-order valence-corrected chi connectivity index (χ0v) is 20.2. The van der Waals surface area contributed by atoms with E-state index >= 15 is 0 Å². The Bertz CT molecular complexity index is 1120. The summed E-state index contributed by atoms with van der Waals surface area (Å²) in [6.07, 6.45) is 9.36. The fourth-order valence-corrected chi connectivity index (χ4v) is 4.24. The largest absolute Gasteiger partial charge is 0.496 e. The number of hydrogen-bond acceptors (Lipinski definition) is 5. The number of imidazole rings is 1. The third kappa shape index (κ3) is 6.08. The predicted molar refractivity (Wildman–Crippen MR) is 129 cm³/mol. The highest BCUT2D eigenvalue weighted by molar-refractivity contribution is 6.01. The summed E-state index contributed by atoms with van der Waals surface area (Å²) < 4.78 is 42.1. The van der Waals surface area contributed by atoms with Gasteiger partial charge in [0.05, 0.1) is 19.0 Å². The van der Waals surface area contributed by atoms with Crippen LogP contribution in [0.5, 0.6) is 11.5 Å². The summed E-state index contributed by atoms with van der Waals surface area (Å²) >= 11 is 0. The number of carbonyl (C=O) groups is 1. The Balaban J connectivity index is 1.69. The van der Waals surface area contributed by atoms with Crippen molar-refractivity contribution in [1.82, 2.24) is 15.3 Å². The lowest BCUT2D eigenvalue weighted by Crippen LogP contribution is -2.26. The van der Waals surface area contributed by atoms with Gasteiger partial charge in [-0.15, -0.1) is 0 Å². The van der Waals surface area contributed by atoms with Crippen molar-refractivity contribution in [2.45, 2.75) is 52.2 Å². The molecule has 1 saturated carbocycles. The Morgan fingerprint density at radius 2 is 1.94 bits per heavy atom. The lowest BCUT2D eigenvalue weighted by molar-refractivity contribution is -0.0502. The van der Waals surface area contributed by atoms with Gasteiger partial charge in [-0.25, -0.2) is 4.98 Å². The molecule has 0 radical (unpaired) electrons. The summed E-state index contributed by atoms with van der Waals surface area (Å²) in [5.74, 6) is 0.433. The third-order valence-corrected chi connectivity index (χ3v) is 6.39. The normalized spacial score (nSPS) is 17.5.